The van der Waals surface area contributed by atoms with Crippen molar-refractivity contribution in [3.8, 4) is 5.75 Å². The van der Waals surface area contributed by atoms with E-state index in [1.807, 2.05) is 43.4 Å². The highest BCUT2D eigenvalue weighted by atomic mass is 16.5. The molecule has 4 heteroatoms. The number of benzene rings is 1. The molecule has 0 aliphatic heterocycles. The molecule has 0 saturated carbocycles. The molecule has 0 saturated heterocycles. The Morgan fingerprint density at radius 3 is 2.70 bits per heavy atom. The summed E-state index contributed by atoms with van der Waals surface area (Å²) in [6, 6.07) is 11.7. The fourth-order valence-corrected chi connectivity index (χ4v) is 2.17. The molecule has 2 rings (SSSR count). The van der Waals surface area contributed by atoms with Crippen molar-refractivity contribution >= 4 is 0 Å². The normalized spacial score (nSPS) is 10.8. The summed E-state index contributed by atoms with van der Waals surface area (Å²) < 4.78 is 5.37. The molecule has 1 heterocycles. The summed E-state index contributed by atoms with van der Waals surface area (Å²) in [5, 5.41) is 9.23. The number of ether oxygens (including phenoxy) is 1. The van der Waals surface area contributed by atoms with E-state index in [2.05, 4.69) is 9.88 Å². The van der Waals surface area contributed by atoms with Crippen molar-refractivity contribution < 1.29 is 9.84 Å². The van der Waals surface area contributed by atoms with Crippen LogP contribution in [0.25, 0.3) is 0 Å². The van der Waals surface area contributed by atoms with Crippen LogP contribution in [0.2, 0.25) is 0 Å². The van der Waals surface area contributed by atoms with Crippen molar-refractivity contribution in [2.24, 2.45) is 0 Å². The van der Waals surface area contributed by atoms with Gasteiger partial charge < -0.3 is 9.84 Å². The van der Waals surface area contributed by atoms with Gasteiger partial charge in [-0.1, -0.05) is 12.1 Å². The van der Waals surface area contributed by atoms with Crippen LogP contribution in [0, 0.1) is 0 Å². The maximum atomic E-state index is 9.23. The van der Waals surface area contributed by atoms with E-state index in [4.69, 9.17) is 4.74 Å². The fraction of sp³-hybridized carbons (Fsp3) is 0.312. The summed E-state index contributed by atoms with van der Waals surface area (Å²) in [6.07, 6.45) is 1.80. The van der Waals surface area contributed by atoms with E-state index >= 15 is 0 Å². The average molecular weight is 272 g/mol. The number of methoxy groups -OCH3 is 1. The number of rotatable bonds is 6. The molecule has 0 aliphatic carbocycles. The predicted molar refractivity (Wildman–Crippen MR) is 78.3 cm³/mol. The zero-order valence-corrected chi connectivity index (χ0v) is 11.9. The van der Waals surface area contributed by atoms with Gasteiger partial charge in [0.15, 0.2) is 0 Å². The van der Waals surface area contributed by atoms with Crippen LogP contribution in [0.4, 0.5) is 0 Å². The summed E-state index contributed by atoms with van der Waals surface area (Å²) in [5.41, 5.74) is 3.00. The molecular weight excluding hydrogens is 252 g/mol. The molecule has 0 bridgehead atoms. The number of hydrogen-bond acceptors (Lipinski definition) is 4. The lowest BCUT2D eigenvalue weighted by molar-refractivity contribution is 0.280. The van der Waals surface area contributed by atoms with Crippen LogP contribution >= 0.6 is 0 Å². The van der Waals surface area contributed by atoms with Crippen molar-refractivity contribution in [3.63, 3.8) is 0 Å². The highest BCUT2D eigenvalue weighted by Crippen LogP contribution is 2.21. The van der Waals surface area contributed by atoms with Crippen molar-refractivity contribution in [3.05, 3.63) is 59.4 Å². The van der Waals surface area contributed by atoms with Crippen LogP contribution in [0.1, 0.15) is 16.8 Å². The van der Waals surface area contributed by atoms with Gasteiger partial charge in [0, 0.05) is 24.8 Å². The summed E-state index contributed by atoms with van der Waals surface area (Å²) >= 11 is 0. The lowest BCUT2D eigenvalue weighted by Gasteiger charge is -2.18. The van der Waals surface area contributed by atoms with Gasteiger partial charge in [-0.2, -0.15) is 0 Å². The van der Waals surface area contributed by atoms with Crippen LogP contribution in [0.3, 0.4) is 0 Å². The van der Waals surface area contributed by atoms with Crippen molar-refractivity contribution in [2.45, 2.75) is 19.7 Å². The van der Waals surface area contributed by atoms with E-state index in [0.29, 0.717) is 0 Å². The number of nitrogens with zero attached hydrogens (tertiary/aromatic N) is 2. The number of pyridine rings is 1. The molecule has 0 fully saturated rings. The molecule has 0 amide bonds. The first-order valence-corrected chi connectivity index (χ1v) is 6.58. The predicted octanol–water partition coefficient (Wildman–Crippen LogP) is 2.21. The van der Waals surface area contributed by atoms with Crippen LogP contribution < -0.4 is 4.74 Å². The number of hydrogen-bond donors (Lipinski definition) is 1. The summed E-state index contributed by atoms with van der Waals surface area (Å²) in [4.78, 5) is 6.49. The molecule has 0 atom stereocenters. The van der Waals surface area contributed by atoms with Gasteiger partial charge in [0.25, 0.3) is 0 Å². The molecule has 0 radical (unpaired) electrons. The van der Waals surface area contributed by atoms with Gasteiger partial charge in [0.05, 0.1) is 19.4 Å². The van der Waals surface area contributed by atoms with Gasteiger partial charge in [-0.05, 0) is 36.9 Å². The molecule has 0 spiro atoms. The maximum Gasteiger partial charge on any atom is 0.123 e. The zero-order valence-electron chi connectivity index (χ0n) is 11.9. The topological polar surface area (TPSA) is 45.6 Å². The Bertz CT molecular complexity index is 543. The monoisotopic (exact) mass is 272 g/mol. The molecule has 20 heavy (non-hydrogen) atoms. The first kappa shape index (κ1) is 14.5. The fourth-order valence-electron chi connectivity index (χ4n) is 2.17. The molecule has 2 aromatic rings. The Balaban J connectivity index is 2.08. The van der Waals surface area contributed by atoms with Crippen LogP contribution in [0.5, 0.6) is 5.75 Å². The molecule has 106 valence electrons. The van der Waals surface area contributed by atoms with E-state index in [1.165, 1.54) is 0 Å². The van der Waals surface area contributed by atoms with Gasteiger partial charge in [-0.25, -0.2) is 0 Å². The minimum Gasteiger partial charge on any atom is -0.496 e. The third kappa shape index (κ3) is 3.79. The molecule has 0 unspecified atom stereocenters. The summed E-state index contributed by atoms with van der Waals surface area (Å²) in [7, 11) is 3.70. The van der Waals surface area contributed by atoms with E-state index in [1.54, 1.807) is 13.3 Å². The highest BCUT2D eigenvalue weighted by Gasteiger charge is 2.08. The van der Waals surface area contributed by atoms with E-state index in [0.717, 1.165) is 35.7 Å². The molecule has 1 aromatic carbocycles. The van der Waals surface area contributed by atoms with Crippen molar-refractivity contribution in [1.82, 2.24) is 9.88 Å². The highest BCUT2D eigenvalue weighted by molar-refractivity contribution is 5.37. The first-order chi connectivity index (χ1) is 9.72. The zero-order chi connectivity index (χ0) is 14.4. The van der Waals surface area contributed by atoms with Crippen LogP contribution in [-0.2, 0) is 19.7 Å². The van der Waals surface area contributed by atoms with Gasteiger partial charge in [-0.3, -0.25) is 9.88 Å². The van der Waals surface area contributed by atoms with Gasteiger partial charge in [0.1, 0.15) is 5.75 Å². The lowest BCUT2D eigenvalue weighted by Crippen LogP contribution is -2.18. The second-order valence-corrected chi connectivity index (χ2v) is 4.80. The maximum absolute atomic E-state index is 9.23. The smallest absolute Gasteiger partial charge is 0.123 e. The number of aliphatic hydroxyl groups is 1. The van der Waals surface area contributed by atoms with Crippen LogP contribution in [0.15, 0.2) is 42.6 Å². The van der Waals surface area contributed by atoms with Gasteiger partial charge >= 0.3 is 0 Å². The van der Waals surface area contributed by atoms with E-state index in [-0.39, 0.29) is 6.61 Å². The Morgan fingerprint density at radius 1 is 1.20 bits per heavy atom. The molecule has 0 aliphatic rings. The largest absolute Gasteiger partial charge is 0.496 e. The van der Waals surface area contributed by atoms with Crippen molar-refractivity contribution in [1.29, 1.82) is 0 Å². The average Bonchev–Trinajstić information content (AvgIpc) is 2.48. The Morgan fingerprint density at radius 2 is 2.05 bits per heavy atom. The lowest BCUT2D eigenvalue weighted by atomic mass is 10.1. The number of aromatic nitrogens is 1. The first-order valence-electron chi connectivity index (χ1n) is 6.58. The molecule has 1 N–H and O–H groups in total. The minimum absolute atomic E-state index is 0.0426. The van der Waals surface area contributed by atoms with E-state index in [9.17, 15) is 5.11 Å². The quantitative estimate of drug-likeness (QED) is 0.876. The Hall–Kier alpha value is -1.91. The summed E-state index contributed by atoms with van der Waals surface area (Å²) in [6.45, 7) is 1.56. The second kappa shape index (κ2) is 7.03. The molecule has 4 nitrogen and oxygen atoms in total. The third-order valence-electron chi connectivity index (χ3n) is 3.13. The van der Waals surface area contributed by atoms with Gasteiger partial charge in [0.2, 0.25) is 0 Å². The second-order valence-electron chi connectivity index (χ2n) is 4.80. The molecular formula is C16H20N2O2. The third-order valence-corrected chi connectivity index (χ3v) is 3.13. The van der Waals surface area contributed by atoms with Crippen LogP contribution in [-0.4, -0.2) is 29.1 Å². The minimum atomic E-state index is 0.0426. The van der Waals surface area contributed by atoms with Gasteiger partial charge in [-0.15, -0.1) is 0 Å². The molecule has 1 aromatic heterocycles. The SMILES string of the molecule is COc1ccc(CO)cc1CN(C)Cc1ccccn1. The summed E-state index contributed by atoms with van der Waals surface area (Å²) in [5.74, 6) is 0.843. The van der Waals surface area contributed by atoms with E-state index < -0.39 is 0 Å². The van der Waals surface area contributed by atoms with Crippen molar-refractivity contribution in [2.75, 3.05) is 14.2 Å². The standard InChI is InChI=1S/C16H20N2O2/c1-18(11-15-5-3-4-8-17-15)10-14-9-13(12-19)6-7-16(14)20-2/h3-9,19H,10-12H2,1-2H3. The Kier molecular flexibility index (Phi) is 5.09. The number of aliphatic hydroxyl groups excluding tert-OH is 1. The Labute approximate surface area is 119 Å².